The van der Waals surface area contributed by atoms with E-state index in [2.05, 4.69) is 5.32 Å². The third kappa shape index (κ3) is 4.24. The average Bonchev–Trinajstić information content (AvgIpc) is 2.46. The van der Waals surface area contributed by atoms with Crippen molar-refractivity contribution >= 4 is 17.6 Å². The molecule has 1 aromatic rings. The predicted octanol–water partition coefficient (Wildman–Crippen LogP) is 1.52. The Morgan fingerprint density at radius 1 is 1.35 bits per heavy atom. The van der Waals surface area contributed by atoms with Crippen LogP contribution in [0.5, 0.6) is 5.75 Å². The Hall–Kier alpha value is -2.08. The minimum atomic E-state index is -1.04. The van der Waals surface area contributed by atoms with Crippen LogP contribution in [0.15, 0.2) is 24.3 Å². The zero-order valence-corrected chi connectivity index (χ0v) is 11.0. The minimum absolute atomic E-state index is 0.0349. The van der Waals surface area contributed by atoms with Crippen molar-refractivity contribution < 1.29 is 24.2 Å². The number of hydrogen-bond donors (Lipinski definition) is 2. The van der Waals surface area contributed by atoms with Crippen molar-refractivity contribution in [3.63, 3.8) is 0 Å². The average molecular weight is 279 g/mol. The summed E-state index contributed by atoms with van der Waals surface area (Å²) in [7, 11) is 0. The molecule has 2 rings (SSSR count). The first kappa shape index (κ1) is 14.3. The SMILES string of the molecule is O=C(O)COc1cccc(NC(=O)C2CCOCC2)c1. The molecule has 1 saturated heterocycles. The Morgan fingerprint density at radius 2 is 2.10 bits per heavy atom. The number of ether oxygens (including phenoxy) is 2. The maximum absolute atomic E-state index is 12.0. The molecule has 1 heterocycles. The standard InChI is InChI=1S/C14H17NO5/c16-13(17)9-20-12-3-1-2-11(8-12)15-14(18)10-4-6-19-7-5-10/h1-3,8,10H,4-7,9H2,(H,15,18)(H,16,17). The number of rotatable bonds is 5. The van der Waals surface area contributed by atoms with Crippen molar-refractivity contribution in [3.05, 3.63) is 24.3 Å². The second-order valence-electron chi connectivity index (χ2n) is 4.59. The molecule has 0 aliphatic carbocycles. The molecule has 1 aromatic carbocycles. The van der Waals surface area contributed by atoms with Crippen molar-refractivity contribution in [2.45, 2.75) is 12.8 Å². The molecule has 6 heteroatoms. The smallest absolute Gasteiger partial charge is 0.341 e. The summed E-state index contributed by atoms with van der Waals surface area (Å²) in [6.07, 6.45) is 1.45. The third-order valence-corrected chi connectivity index (χ3v) is 3.06. The van der Waals surface area contributed by atoms with Gasteiger partial charge in [-0.1, -0.05) is 6.07 Å². The summed E-state index contributed by atoms with van der Waals surface area (Å²) >= 11 is 0. The van der Waals surface area contributed by atoms with Crippen LogP contribution in [0.4, 0.5) is 5.69 Å². The van der Waals surface area contributed by atoms with Crippen molar-refractivity contribution in [1.82, 2.24) is 0 Å². The monoisotopic (exact) mass is 279 g/mol. The highest BCUT2D eigenvalue weighted by Gasteiger charge is 2.21. The summed E-state index contributed by atoms with van der Waals surface area (Å²) in [6.45, 7) is 0.817. The molecular weight excluding hydrogens is 262 g/mol. The lowest BCUT2D eigenvalue weighted by molar-refractivity contribution is -0.139. The first-order chi connectivity index (χ1) is 9.65. The van der Waals surface area contributed by atoms with Crippen LogP contribution in [0, 0.1) is 5.92 Å². The third-order valence-electron chi connectivity index (χ3n) is 3.06. The van der Waals surface area contributed by atoms with Gasteiger partial charge in [0.25, 0.3) is 0 Å². The lowest BCUT2D eigenvalue weighted by Crippen LogP contribution is -2.28. The molecule has 0 aromatic heterocycles. The lowest BCUT2D eigenvalue weighted by Gasteiger charge is -2.21. The molecule has 0 bridgehead atoms. The second-order valence-corrected chi connectivity index (χ2v) is 4.59. The van der Waals surface area contributed by atoms with Gasteiger partial charge in [-0.15, -0.1) is 0 Å². The summed E-state index contributed by atoms with van der Waals surface area (Å²) < 4.78 is 10.3. The van der Waals surface area contributed by atoms with E-state index in [0.29, 0.717) is 24.7 Å². The van der Waals surface area contributed by atoms with Gasteiger partial charge in [0, 0.05) is 30.9 Å². The largest absolute Gasteiger partial charge is 0.482 e. The van der Waals surface area contributed by atoms with Gasteiger partial charge in [0.2, 0.25) is 5.91 Å². The molecular formula is C14H17NO5. The van der Waals surface area contributed by atoms with Crippen LogP contribution in [0.2, 0.25) is 0 Å². The second kappa shape index (κ2) is 6.91. The van der Waals surface area contributed by atoms with Crippen molar-refractivity contribution in [2.24, 2.45) is 5.92 Å². The molecule has 108 valence electrons. The number of carbonyl (C=O) groups is 2. The first-order valence-electron chi connectivity index (χ1n) is 6.48. The summed E-state index contributed by atoms with van der Waals surface area (Å²) in [5, 5.41) is 11.4. The van der Waals surface area contributed by atoms with Crippen molar-refractivity contribution in [3.8, 4) is 5.75 Å². The Balaban J connectivity index is 1.93. The summed E-state index contributed by atoms with van der Waals surface area (Å²) in [4.78, 5) is 22.5. The number of carboxylic acid groups (broad SMARTS) is 1. The van der Waals surface area contributed by atoms with Crippen molar-refractivity contribution in [2.75, 3.05) is 25.1 Å². The summed E-state index contributed by atoms with van der Waals surface area (Å²) in [6, 6.07) is 6.70. The summed E-state index contributed by atoms with van der Waals surface area (Å²) in [5.74, 6) is -0.699. The van der Waals surface area contributed by atoms with E-state index in [0.717, 1.165) is 12.8 Å². The molecule has 0 atom stereocenters. The number of aliphatic carboxylic acids is 1. The van der Waals surface area contributed by atoms with Gasteiger partial charge >= 0.3 is 5.97 Å². The zero-order chi connectivity index (χ0) is 14.4. The van der Waals surface area contributed by atoms with Crippen LogP contribution < -0.4 is 10.1 Å². The molecule has 0 radical (unpaired) electrons. The topological polar surface area (TPSA) is 84.9 Å². The highest BCUT2D eigenvalue weighted by molar-refractivity contribution is 5.92. The van der Waals surface area contributed by atoms with Crippen LogP contribution in [-0.2, 0) is 14.3 Å². The van der Waals surface area contributed by atoms with E-state index < -0.39 is 12.6 Å². The molecule has 2 N–H and O–H groups in total. The molecule has 0 saturated carbocycles. The van der Waals surface area contributed by atoms with E-state index in [1.54, 1.807) is 24.3 Å². The summed E-state index contributed by atoms with van der Waals surface area (Å²) in [5.41, 5.74) is 0.601. The van der Waals surface area contributed by atoms with Gasteiger partial charge < -0.3 is 19.9 Å². The Morgan fingerprint density at radius 3 is 2.80 bits per heavy atom. The van der Waals surface area contributed by atoms with Crippen molar-refractivity contribution in [1.29, 1.82) is 0 Å². The van der Waals surface area contributed by atoms with Crippen LogP contribution >= 0.6 is 0 Å². The number of hydrogen-bond acceptors (Lipinski definition) is 4. The molecule has 1 aliphatic heterocycles. The number of benzene rings is 1. The van der Waals surface area contributed by atoms with E-state index in [1.807, 2.05) is 0 Å². The van der Waals surface area contributed by atoms with E-state index in [9.17, 15) is 9.59 Å². The fraction of sp³-hybridized carbons (Fsp3) is 0.429. The number of carbonyl (C=O) groups excluding carboxylic acids is 1. The highest BCUT2D eigenvalue weighted by atomic mass is 16.5. The number of anilines is 1. The number of nitrogens with one attached hydrogen (secondary N) is 1. The minimum Gasteiger partial charge on any atom is -0.482 e. The normalized spacial score (nSPS) is 15.6. The van der Waals surface area contributed by atoms with Crippen LogP contribution in [0.3, 0.4) is 0 Å². The fourth-order valence-electron chi connectivity index (χ4n) is 2.01. The van der Waals surface area contributed by atoms with Gasteiger partial charge in [-0.05, 0) is 25.0 Å². The molecule has 1 fully saturated rings. The van der Waals surface area contributed by atoms with Gasteiger partial charge in [0.15, 0.2) is 6.61 Å². The lowest BCUT2D eigenvalue weighted by atomic mass is 9.99. The first-order valence-corrected chi connectivity index (χ1v) is 6.48. The Kier molecular flexibility index (Phi) is 4.95. The van der Waals surface area contributed by atoms with Gasteiger partial charge in [-0.3, -0.25) is 4.79 Å². The van der Waals surface area contributed by atoms with Gasteiger partial charge in [-0.25, -0.2) is 4.79 Å². The van der Waals surface area contributed by atoms with Gasteiger partial charge in [-0.2, -0.15) is 0 Å². The zero-order valence-electron chi connectivity index (χ0n) is 11.0. The predicted molar refractivity (Wildman–Crippen MR) is 71.7 cm³/mol. The molecule has 0 unspecified atom stereocenters. The van der Waals surface area contributed by atoms with Crippen LogP contribution in [0.25, 0.3) is 0 Å². The van der Waals surface area contributed by atoms with Crippen LogP contribution in [0.1, 0.15) is 12.8 Å². The number of amides is 1. The maximum Gasteiger partial charge on any atom is 0.341 e. The molecule has 6 nitrogen and oxygen atoms in total. The Bertz CT molecular complexity index is 482. The van der Waals surface area contributed by atoms with E-state index in [4.69, 9.17) is 14.6 Å². The molecule has 0 spiro atoms. The van der Waals surface area contributed by atoms with Gasteiger partial charge in [0.05, 0.1) is 0 Å². The highest BCUT2D eigenvalue weighted by Crippen LogP contribution is 2.20. The molecule has 1 aliphatic rings. The number of carboxylic acids is 1. The van der Waals surface area contributed by atoms with E-state index in [1.165, 1.54) is 0 Å². The van der Waals surface area contributed by atoms with Crippen LogP contribution in [-0.4, -0.2) is 36.8 Å². The quantitative estimate of drug-likeness (QED) is 0.853. The van der Waals surface area contributed by atoms with Gasteiger partial charge in [0.1, 0.15) is 5.75 Å². The Labute approximate surface area is 116 Å². The van der Waals surface area contributed by atoms with E-state index >= 15 is 0 Å². The maximum atomic E-state index is 12.0. The fourth-order valence-corrected chi connectivity index (χ4v) is 2.01. The molecule has 1 amide bonds. The molecule has 20 heavy (non-hydrogen) atoms. The van der Waals surface area contributed by atoms with E-state index in [-0.39, 0.29) is 11.8 Å².